The lowest BCUT2D eigenvalue weighted by Crippen LogP contribution is -2.19. The first-order valence-electron chi connectivity index (χ1n) is 9.37. The number of nitrogens with one attached hydrogen (secondary N) is 1. The number of hydrogen-bond donors (Lipinski definition) is 3. The van der Waals surface area contributed by atoms with Crippen molar-refractivity contribution in [2.75, 3.05) is 13.1 Å². The number of aryl methyl sites for hydroxylation is 1. The number of aromatic carboxylic acids is 1. The molecular weight excluding hydrogens is 358 g/mol. The molecule has 0 spiro atoms. The molecular formula is C21H23N3O4. The highest BCUT2D eigenvalue weighted by atomic mass is 16.4. The number of nitrogens with zero attached hydrogens (tertiary/aromatic N) is 2. The second kappa shape index (κ2) is 6.83. The van der Waals surface area contributed by atoms with Gasteiger partial charge in [0.05, 0.1) is 5.69 Å². The molecule has 146 valence electrons. The minimum absolute atomic E-state index is 0.338. The third-order valence-corrected chi connectivity index (χ3v) is 5.66. The van der Waals surface area contributed by atoms with Crippen molar-refractivity contribution >= 4 is 16.9 Å². The predicted octanol–water partition coefficient (Wildman–Crippen LogP) is 2.84. The smallest absolute Gasteiger partial charge is 0.345 e. The van der Waals surface area contributed by atoms with Crippen molar-refractivity contribution in [1.29, 1.82) is 0 Å². The number of benzene rings is 1. The molecule has 7 heteroatoms. The number of carboxylic acids is 1. The lowest BCUT2D eigenvalue weighted by Gasteiger charge is -2.15. The molecule has 1 aliphatic heterocycles. The van der Waals surface area contributed by atoms with Crippen molar-refractivity contribution in [3.05, 3.63) is 51.4 Å². The number of aromatic amines is 1. The van der Waals surface area contributed by atoms with E-state index in [1.807, 2.05) is 25.2 Å². The van der Waals surface area contributed by atoms with Gasteiger partial charge in [0, 0.05) is 35.8 Å². The van der Waals surface area contributed by atoms with Crippen molar-refractivity contribution in [1.82, 2.24) is 14.5 Å². The van der Waals surface area contributed by atoms with E-state index in [1.54, 1.807) is 6.92 Å². The van der Waals surface area contributed by atoms with Crippen LogP contribution in [0.3, 0.4) is 0 Å². The van der Waals surface area contributed by atoms with Crippen LogP contribution in [0.4, 0.5) is 0 Å². The summed E-state index contributed by atoms with van der Waals surface area (Å²) in [6, 6.07) is 7.97. The molecule has 1 saturated heterocycles. The molecule has 0 atom stereocenters. The number of likely N-dealkylation sites (tertiary alicyclic amines) is 1. The largest absolute Gasteiger partial charge is 0.506 e. The van der Waals surface area contributed by atoms with E-state index in [0.29, 0.717) is 11.3 Å². The first-order chi connectivity index (χ1) is 13.4. The Bertz CT molecular complexity index is 1140. The lowest BCUT2D eigenvalue weighted by atomic mass is 10.0. The van der Waals surface area contributed by atoms with Crippen LogP contribution in [0, 0.1) is 6.92 Å². The van der Waals surface area contributed by atoms with E-state index in [1.165, 1.54) is 18.5 Å². The molecule has 0 aliphatic carbocycles. The van der Waals surface area contributed by atoms with E-state index in [9.17, 15) is 14.7 Å². The Balaban J connectivity index is 1.78. The van der Waals surface area contributed by atoms with Crippen LogP contribution < -0.4 is 5.56 Å². The van der Waals surface area contributed by atoms with Crippen LogP contribution in [0.2, 0.25) is 0 Å². The number of hydrogen-bond acceptors (Lipinski definition) is 4. The van der Waals surface area contributed by atoms with Crippen molar-refractivity contribution < 1.29 is 15.0 Å². The van der Waals surface area contributed by atoms with E-state index in [0.717, 1.165) is 36.1 Å². The summed E-state index contributed by atoms with van der Waals surface area (Å²) in [6.45, 7) is 4.76. The van der Waals surface area contributed by atoms with Crippen LogP contribution in [-0.4, -0.2) is 43.7 Å². The zero-order valence-corrected chi connectivity index (χ0v) is 16.0. The number of aromatic hydroxyl groups is 1. The molecule has 0 unspecified atom stereocenters. The molecule has 0 saturated carbocycles. The molecule has 3 N–H and O–H groups in total. The van der Waals surface area contributed by atoms with Gasteiger partial charge in [-0.3, -0.25) is 9.69 Å². The molecule has 0 amide bonds. The van der Waals surface area contributed by atoms with Crippen molar-refractivity contribution in [3.63, 3.8) is 0 Å². The molecule has 1 fully saturated rings. The first-order valence-corrected chi connectivity index (χ1v) is 9.37. The summed E-state index contributed by atoms with van der Waals surface area (Å²) in [6.07, 6.45) is 2.49. The van der Waals surface area contributed by atoms with Crippen LogP contribution in [0.1, 0.15) is 34.5 Å². The summed E-state index contributed by atoms with van der Waals surface area (Å²) >= 11 is 0. The number of fused-ring (bicyclic) bond motifs is 1. The third kappa shape index (κ3) is 2.97. The fourth-order valence-electron chi connectivity index (χ4n) is 4.05. The Labute approximate surface area is 161 Å². The topological polar surface area (TPSA) is 98.6 Å². The Morgan fingerprint density at radius 1 is 1.21 bits per heavy atom. The van der Waals surface area contributed by atoms with Gasteiger partial charge in [-0.05, 0) is 56.6 Å². The predicted molar refractivity (Wildman–Crippen MR) is 107 cm³/mol. The zero-order valence-electron chi connectivity index (χ0n) is 16.0. The summed E-state index contributed by atoms with van der Waals surface area (Å²) in [5.74, 6) is -1.94. The molecule has 2 aromatic heterocycles. The monoisotopic (exact) mass is 381 g/mol. The molecule has 7 nitrogen and oxygen atoms in total. The second-order valence-corrected chi connectivity index (χ2v) is 7.43. The fraction of sp³-hybridized carbons (Fsp3) is 0.333. The van der Waals surface area contributed by atoms with Gasteiger partial charge in [0.1, 0.15) is 5.75 Å². The Morgan fingerprint density at radius 2 is 1.93 bits per heavy atom. The van der Waals surface area contributed by atoms with Gasteiger partial charge in [-0.1, -0.05) is 6.07 Å². The summed E-state index contributed by atoms with van der Waals surface area (Å²) in [5.41, 5.74) is 2.37. The van der Waals surface area contributed by atoms with Gasteiger partial charge in [0.25, 0.3) is 5.56 Å². The maximum absolute atomic E-state index is 12.1. The van der Waals surface area contributed by atoms with Crippen molar-refractivity contribution in [3.8, 4) is 17.0 Å². The van der Waals surface area contributed by atoms with Gasteiger partial charge in [0.2, 0.25) is 0 Å². The van der Waals surface area contributed by atoms with Crippen LogP contribution in [0.5, 0.6) is 5.75 Å². The van der Waals surface area contributed by atoms with Crippen LogP contribution in [-0.2, 0) is 13.6 Å². The van der Waals surface area contributed by atoms with Crippen molar-refractivity contribution in [2.45, 2.75) is 26.3 Å². The van der Waals surface area contributed by atoms with E-state index >= 15 is 0 Å². The third-order valence-electron chi connectivity index (χ3n) is 5.66. The standard InChI is InChI=1S/C21H23N3O4/c1-12-18(22-20(26)17(19(12)25)21(27)28)13-5-6-16-14(9-13)10-15(23(16)2)11-24-7-3-4-8-24/h5-6,9-10H,3-4,7-8,11H2,1-2H3,(H,27,28)(H2,22,25,26). The SMILES string of the molecule is Cc1c(-c2ccc3c(c2)cc(CN2CCCC2)n3C)[nH]c(=O)c(C(=O)O)c1O. The average molecular weight is 381 g/mol. The van der Waals surface area contributed by atoms with Gasteiger partial charge in [0.15, 0.2) is 5.56 Å². The van der Waals surface area contributed by atoms with Crippen LogP contribution in [0.25, 0.3) is 22.2 Å². The normalized spacial score (nSPS) is 14.8. The Morgan fingerprint density at radius 3 is 2.61 bits per heavy atom. The van der Waals surface area contributed by atoms with E-state index < -0.39 is 22.8 Å². The highest BCUT2D eigenvalue weighted by Crippen LogP contribution is 2.31. The molecule has 0 radical (unpaired) electrons. The van der Waals surface area contributed by atoms with Gasteiger partial charge in [-0.15, -0.1) is 0 Å². The average Bonchev–Trinajstić information content (AvgIpc) is 3.26. The number of H-pyrrole nitrogens is 1. The number of carboxylic acid groups (broad SMARTS) is 1. The van der Waals surface area contributed by atoms with E-state index in [4.69, 9.17) is 5.11 Å². The molecule has 3 aromatic rings. The molecule has 28 heavy (non-hydrogen) atoms. The number of rotatable bonds is 4. The highest BCUT2D eigenvalue weighted by molar-refractivity contribution is 5.92. The number of aromatic nitrogens is 2. The van der Waals surface area contributed by atoms with Gasteiger partial charge in [-0.2, -0.15) is 0 Å². The Hall–Kier alpha value is -3.06. The molecule has 0 bridgehead atoms. The minimum atomic E-state index is -1.45. The molecule has 1 aromatic carbocycles. The quantitative estimate of drug-likeness (QED) is 0.645. The molecule has 3 heterocycles. The first kappa shape index (κ1) is 18.3. The van der Waals surface area contributed by atoms with Crippen LogP contribution in [0.15, 0.2) is 29.1 Å². The highest BCUT2D eigenvalue weighted by Gasteiger charge is 2.21. The minimum Gasteiger partial charge on any atom is -0.506 e. The number of pyridine rings is 1. The summed E-state index contributed by atoms with van der Waals surface area (Å²) in [7, 11) is 2.05. The maximum atomic E-state index is 12.1. The molecule has 4 rings (SSSR count). The second-order valence-electron chi connectivity index (χ2n) is 7.43. The number of carbonyl (C=O) groups is 1. The maximum Gasteiger partial charge on any atom is 0.345 e. The summed E-state index contributed by atoms with van der Waals surface area (Å²) < 4.78 is 2.18. The molecule has 1 aliphatic rings. The Kier molecular flexibility index (Phi) is 4.47. The van der Waals surface area contributed by atoms with E-state index in [2.05, 4.69) is 20.5 Å². The van der Waals surface area contributed by atoms with Crippen molar-refractivity contribution in [2.24, 2.45) is 7.05 Å². The van der Waals surface area contributed by atoms with Gasteiger partial charge in [-0.25, -0.2) is 4.79 Å². The zero-order chi connectivity index (χ0) is 20.0. The fourth-order valence-corrected chi connectivity index (χ4v) is 4.05. The van der Waals surface area contributed by atoms with Gasteiger partial charge < -0.3 is 19.8 Å². The summed E-state index contributed by atoms with van der Waals surface area (Å²) in [5, 5.41) is 20.4. The van der Waals surface area contributed by atoms with E-state index in [-0.39, 0.29) is 0 Å². The summed E-state index contributed by atoms with van der Waals surface area (Å²) in [4.78, 5) is 28.4. The van der Waals surface area contributed by atoms with Crippen LogP contribution >= 0.6 is 0 Å². The lowest BCUT2D eigenvalue weighted by molar-refractivity contribution is 0.0691. The van der Waals surface area contributed by atoms with Gasteiger partial charge >= 0.3 is 5.97 Å².